The van der Waals surface area contributed by atoms with Crippen molar-refractivity contribution in [2.24, 2.45) is 0 Å². The van der Waals surface area contributed by atoms with Crippen LogP contribution in [-0.2, 0) is 9.59 Å². The molecule has 1 saturated heterocycles. The standard InChI is InChI=1S/C36H31N3O4/c1-43-27-14-12-23(13-15-27)20-32-34(40)37-36(42)39(35(32)41)26-21-30-28(24-8-4-2-5-9-24)16-18-38-19-17-29(31(22-26)33(30)38)25-10-6-3-7-11-25/h2-15,20-22,28-29H,16-19H2,1H3,(H,37,40,42)/b32-20+/t28-,29+. The monoisotopic (exact) mass is 569 g/mol. The van der Waals surface area contributed by atoms with Crippen LogP contribution in [0.4, 0.5) is 16.2 Å². The molecule has 3 aliphatic rings. The first-order valence-corrected chi connectivity index (χ1v) is 14.6. The fourth-order valence-electron chi connectivity index (χ4n) is 6.73. The first-order chi connectivity index (χ1) is 21.0. The highest BCUT2D eigenvalue weighted by atomic mass is 16.5. The summed E-state index contributed by atoms with van der Waals surface area (Å²) < 4.78 is 5.23. The van der Waals surface area contributed by atoms with E-state index in [1.54, 1.807) is 31.4 Å². The number of rotatable bonds is 5. The molecule has 0 bridgehead atoms. The number of methoxy groups -OCH3 is 1. The average Bonchev–Trinajstić information content (AvgIpc) is 3.04. The van der Waals surface area contributed by atoms with Crippen LogP contribution < -0.4 is 19.9 Å². The van der Waals surface area contributed by atoms with E-state index in [9.17, 15) is 14.4 Å². The molecule has 7 rings (SSSR count). The molecule has 7 nitrogen and oxygen atoms in total. The van der Waals surface area contributed by atoms with Crippen molar-refractivity contribution >= 4 is 35.3 Å². The van der Waals surface area contributed by atoms with Gasteiger partial charge < -0.3 is 9.64 Å². The molecule has 1 N–H and O–H groups in total. The van der Waals surface area contributed by atoms with Gasteiger partial charge in [0, 0.05) is 30.6 Å². The highest BCUT2D eigenvalue weighted by Crippen LogP contribution is 2.50. The van der Waals surface area contributed by atoms with Crippen LogP contribution in [0.1, 0.15) is 52.5 Å². The van der Waals surface area contributed by atoms with E-state index < -0.39 is 17.8 Å². The van der Waals surface area contributed by atoms with Crippen LogP contribution in [0.3, 0.4) is 0 Å². The van der Waals surface area contributed by atoms with Gasteiger partial charge in [-0.1, -0.05) is 72.8 Å². The van der Waals surface area contributed by atoms with E-state index in [4.69, 9.17) is 4.74 Å². The minimum absolute atomic E-state index is 0.100. The summed E-state index contributed by atoms with van der Waals surface area (Å²) in [4.78, 5) is 43.8. The number of carbonyl (C=O) groups is 3. The number of anilines is 2. The second-order valence-electron chi connectivity index (χ2n) is 11.2. The maximum atomic E-state index is 14.0. The maximum Gasteiger partial charge on any atom is 0.335 e. The zero-order chi connectivity index (χ0) is 29.5. The van der Waals surface area contributed by atoms with Crippen LogP contribution >= 0.6 is 0 Å². The van der Waals surface area contributed by atoms with Crippen LogP contribution in [0.15, 0.2) is 103 Å². The van der Waals surface area contributed by atoms with Gasteiger partial charge in [0.2, 0.25) is 0 Å². The number of nitrogens with one attached hydrogen (secondary N) is 1. The lowest BCUT2D eigenvalue weighted by Crippen LogP contribution is -2.54. The largest absolute Gasteiger partial charge is 0.497 e. The van der Waals surface area contributed by atoms with Gasteiger partial charge in [0.25, 0.3) is 11.8 Å². The third kappa shape index (κ3) is 4.77. The lowest BCUT2D eigenvalue weighted by molar-refractivity contribution is -0.122. The maximum absolute atomic E-state index is 14.0. The number of ether oxygens (including phenoxy) is 1. The first-order valence-electron chi connectivity index (χ1n) is 14.6. The van der Waals surface area contributed by atoms with Crippen molar-refractivity contribution in [3.8, 4) is 5.75 Å². The Balaban J connectivity index is 1.38. The Labute approximate surface area is 250 Å². The average molecular weight is 570 g/mol. The van der Waals surface area contributed by atoms with Gasteiger partial charge in [-0.25, -0.2) is 9.69 Å². The molecule has 4 aromatic rings. The van der Waals surface area contributed by atoms with Crippen molar-refractivity contribution in [1.29, 1.82) is 0 Å². The van der Waals surface area contributed by atoms with E-state index in [-0.39, 0.29) is 17.4 Å². The Bertz CT molecular complexity index is 1680. The summed E-state index contributed by atoms with van der Waals surface area (Å²) >= 11 is 0. The predicted octanol–water partition coefficient (Wildman–Crippen LogP) is 6.24. The normalized spacial score (nSPS) is 20.6. The van der Waals surface area contributed by atoms with Gasteiger partial charge >= 0.3 is 6.03 Å². The number of nitrogens with zero attached hydrogens (tertiary/aromatic N) is 2. The molecule has 0 aliphatic carbocycles. The number of amides is 4. The fraction of sp³-hybridized carbons (Fsp3) is 0.194. The van der Waals surface area contributed by atoms with Crippen molar-refractivity contribution in [2.75, 3.05) is 30.0 Å². The Morgan fingerprint density at radius 3 is 1.86 bits per heavy atom. The van der Waals surface area contributed by atoms with Crippen LogP contribution in [0.2, 0.25) is 0 Å². The smallest absolute Gasteiger partial charge is 0.335 e. The minimum atomic E-state index is -0.745. The van der Waals surface area contributed by atoms with Gasteiger partial charge in [0.15, 0.2) is 0 Å². The van der Waals surface area contributed by atoms with E-state index in [0.717, 1.165) is 42.0 Å². The van der Waals surface area contributed by atoms with Gasteiger partial charge in [-0.05, 0) is 71.0 Å². The summed E-state index contributed by atoms with van der Waals surface area (Å²) in [6.07, 6.45) is 3.37. The van der Waals surface area contributed by atoms with E-state index in [0.29, 0.717) is 17.0 Å². The van der Waals surface area contributed by atoms with Gasteiger partial charge in [-0.15, -0.1) is 0 Å². The summed E-state index contributed by atoms with van der Waals surface area (Å²) in [5, 5.41) is 2.40. The number of urea groups is 1. The number of hydrogen-bond acceptors (Lipinski definition) is 5. The topological polar surface area (TPSA) is 79.0 Å². The highest BCUT2D eigenvalue weighted by Gasteiger charge is 2.40. The molecular weight excluding hydrogens is 538 g/mol. The molecule has 7 heteroatoms. The molecule has 0 saturated carbocycles. The number of hydrogen-bond donors (Lipinski definition) is 1. The highest BCUT2D eigenvalue weighted by molar-refractivity contribution is 6.39. The van der Waals surface area contributed by atoms with Crippen molar-refractivity contribution in [1.82, 2.24) is 5.32 Å². The molecule has 3 aliphatic heterocycles. The summed E-state index contributed by atoms with van der Waals surface area (Å²) in [5.74, 6) is -0.472. The Morgan fingerprint density at radius 1 is 0.767 bits per heavy atom. The molecule has 0 unspecified atom stereocenters. The molecule has 2 atom stereocenters. The Kier molecular flexibility index (Phi) is 6.78. The van der Waals surface area contributed by atoms with Crippen molar-refractivity contribution in [2.45, 2.75) is 24.7 Å². The third-order valence-corrected chi connectivity index (χ3v) is 8.79. The molecule has 3 heterocycles. The lowest BCUT2D eigenvalue weighted by atomic mass is 9.76. The van der Waals surface area contributed by atoms with E-state index in [1.807, 2.05) is 48.5 Å². The zero-order valence-corrected chi connectivity index (χ0v) is 23.8. The second kappa shape index (κ2) is 10.9. The van der Waals surface area contributed by atoms with Crippen molar-refractivity contribution in [3.63, 3.8) is 0 Å². The second-order valence-corrected chi connectivity index (χ2v) is 11.2. The molecular formula is C36H31N3O4. The third-order valence-electron chi connectivity index (χ3n) is 8.79. The molecule has 0 spiro atoms. The number of imide groups is 2. The molecule has 0 radical (unpaired) electrons. The van der Waals surface area contributed by atoms with Crippen LogP contribution in [0.25, 0.3) is 6.08 Å². The van der Waals surface area contributed by atoms with Crippen LogP contribution in [0, 0.1) is 0 Å². The van der Waals surface area contributed by atoms with Gasteiger partial charge in [-0.2, -0.15) is 0 Å². The molecule has 4 amide bonds. The number of barbiturate groups is 1. The quantitative estimate of drug-likeness (QED) is 0.227. The van der Waals surface area contributed by atoms with Crippen molar-refractivity contribution in [3.05, 3.63) is 130 Å². The van der Waals surface area contributed by atoms with Gasteiger partial charge in [-0.3, -0.25) is 14.9 Å². The summed E-state index contributed by atoms with van der Waals surface area (Å²) in [6, 6.07) is 31.1. The Morgan fingerprint density at radius 2 is 1.33 bits per heavy atom. The number of benzene rings is 4. The SMILES string of the molecule is COc1ccc(/C=C2\C(=O)NC(=O)N(c3cc4c5c(c3)[C@H](c3ccccc3)CCN5CC[C@@H]4c3ccccc3)C2=O)cc1. The van der Waals surface area contributed by atoms with Crippen LogP contribution in [0.5, 0.6) is 5.75 Å². The summed E-state index contributed by atoms with van der Waals surface area (Å²) in [7, 11) is 1.57. The number of carbonyl (C=O) groups excluding carboxylic acids is 3. The first kappa shape index (κ1) is 26.7. The lowest BCUT2D eigenvalue weighted by Gasteiger charge is -2.44. The van der Waals surface area contributed by atoms with E-state index >= 15 is 0 Å². The molecule has 0 aromatic heterocycles. The molecule has 4 aromatic carbocycles. The Hall–Kier alpha value is -5.17. The molecule has 214 valence electrons. The van der Waals surface area contributed by atoms with E-state index in [2.05, 4.69) is 34.5 Å². The fourth-order valence-corrected chi connectivity index (χ4v) is 6.73. The summed E-state index contributed by atoms with van der Waals surface area (Å²) in [5.41, 5.74) is 6.82. The van der Waals surface area contributed by atoms with E-state index in [1.165, 1.54) is 22.9 Å². The molecule has 43 heavy (non-hydrogen) atoms. The van der Waals surface area contributed by atoms with Gasteiger partial charge in [0.1, 0.15) is 11.3 Å². The van der Waals surface area contributed by atoms with Crippen molar-refractivity contribution < 1.29 is 19.1 Å². The molecule has 1 fully saturated rings. The minimum Gasteiger partial charge on any atom is -0.497 e. The van der Waals surface area contributed by atoms with Gasteiger partial charge in [0.05, 0.1) is 12.8 Å². The predicted molar refractivity (Wildman–Crippen MR) is 166 cm³/mol. The zero-order valence-electron chi connectivity index (χ0n) is 23.8. The van der Waals surface area contributed by atoms with Crippen LogP contribution in [-0.4, -0.2) is 38.0 Å². The summed E-state index contributed by atoms with van der Waals surface area (Å²) in [6.45, 7) is 1.87.